The molecular formula is C23H23NO5. The minimum absolute atomic E-state index is 0.0762. The molecule has 150 valence electrons. The average molecular weight is 393 g/mol. The van der Waals surface area contributed by atoms with Gasteiger partial charge in [0, 0.05) is 29.5 Å². The highest BCUT2D eigenvalue weighted by molar-refractivity contribution is 6.04. The number of hydrogen-bond acceptors (Lipinski definition) is 4. The molecule has 0 amide bonds. The molecule has 0 aliphatic carbocycles. The smallest absolute Gasteiger partial charge is 0.307 e. The lowest BCUT2D eigenvalue weighted by atomic mass is 10.1. The highest BCUT2D eigenvalue weighted by Crippen LogP contribution is 2.26. The standard InChI is InChI=1S/C23H23NO5/c1-15-13-20-17(14-22(25)26)3-2-4-21(20)24(15)23(27)16-5-7-18(8-6-16)29-19-9-11-28-12-10-19/h2-8,13,19H,9-12,14H2,1H3,(H,25,26). The van der Waals surface area contributed by atoms with Crippen LogP contribution < -0.4 is 4.74 Å². The van der Waals surface area contributed by atoms with E-state index in [2.05, 4.69) is 0 Å². The van der Waals surface area contributed by atoms with Crippen LogP contribution in [0.3, 0.4) is 0 Å². The first-order valence-corrected chi connectivity index (χ1v) is 9.74. The number of fused-ring (bicyclic) bond motifs is 1. The molecule has 29 heavy (non-hydrogen) atoms. The van der Waals surface area contributed by atoms with Crippen molar-refractivity contribution in [3.63, 3.8) is 0 Å². The molecule has 0 spiro atoms. The van der Waals surface area contributed by atoms with E-state index in [9.17, 15) is 9.59 Å². The first kappa shape index (κ1) is 19.2. The van der Waals surface area contributed by atoms with Gasteiger partial charge >= 0.3 is 5.97 Å². The summed E-state index contributed by atoms with van der Waals surface area (Å²) >= 11 is 0. The molecule has 1 fully saturated rings. The predicted octanol–water partition coefficient (Wildman–Crippen LogP) is 3.82. The normalized spacial score (nSPS) is 14.8. The van der Waals surface area contributed by atoms with Crippen molar-refractivity contribution in [2.24, 2.45) is 0 Å². The summed E-state index contributed by atoms with van der Waals surface area (Å²) in [6, 6.07) is 14.5. The van der Waals surface area contributed by atoms with E-state index in [1.54, 1.807) is 28.8 Å². The summed E-state index contributed by atoms with van der Waals surface area (Å²) in [6.45, 7) is 3.28. The van der Waals surface area contributed by atoms with Crippen LogP contribution in [0.25, 0.3) is 10.9 Å². The summed E-state index contributed by atoms with van der Waals surface area (Å²) in [4.78, 5) is 24.3. The van der Waals surface area contributed by atoms with Crippen molar-refractivity contribution < 1.29 is 24.2 Å². The van der Waals surface area contributed by atoms with E-state index >= 15 is 0 Å². The molecule has 2 heterocycles. The van der Waals surface area contributed by atoms with E-state index in [4.69, 9.17) is 14.6 Å². The van der Waals surface area contributed by atoms with Crippen LogP contribution in [0.2, 0.25) is 0 Å². The third-order valence-electron chi connectivity index (χ3n) is 5.24. The third-order valence-corrected chi connectivity index (χ3v) is 5.24. The van der Waals surface area contributed by atoms with Crippen molar-refractivity contribution in [3.05, 3.63) is 65.4 Å². The third kappa shape index (κ3) is 4.03. The summed E-state index contributed by atoms with van der Waals surface area (Å²) < 4.78 is 13.0. The van der Waals surface area contributed by atoms with E-state index in [0.29, 0.717) is 29.9 Å². The van der Waals surface area contributed by atoms with Crippen LogP contribution in [0.1, 0.15) is 34.5 Å². The number of aromatic nitrogens is 1. The molecule has 4 rings (SSSR count). The zero-order valence-corrected chi connectivity index (χ0v) is 16.3. The van der Waals surface area contributed by atoms with Crippen LogP contribution in [0.15, 0.2) is 48.5 Å². The molecule has 1 N–H and O–H groups in total. The Balaban J connectivity index is 1.60. The van der Waals surface area contributed by atoms with Gasteiger partial charge in [0.15, 0.2) is 0 Å². The molecular weight excluding hydrogens is 370 g/mol. The van der Waals surface area contributed by atoms with E-state index in [-0.39, 0.29) is 18.4 Å². The van der Waals surface area contributed by atoms with Gasteiger partial charge in [-0.15, -0.1) is 0 Å². The van der Waals surface area contributed by atoms with E-state index in [1.807, 2.05) is 31.2 Å². The molecule has 1 aliphatic heterocycles. The Morgan fingerprint density at radius 1 is 1.14 bits per heavy atom. The summed E-state index contributed by atoms with van der Waals surface area (Å²) in [7, 11) is 0. The molecule has 0 radical (unpaired) electrons. The maximum absolute atomic E-state index is 13.2. The summed E-state index contributed by atoms with van der Waals surface area (Å²) in [5.74, 6) is -0.303. The van der Waals surface area contributed by atoms with Crippen LogP contribution in [0.5, 0.6) is 5.75 Å². The number of benzene rings is 2. The van der Waals surface area contributed by atoms with Gasteiger partial charge in [0.05, 0.1) is 25.2 Å². The van der Waals surface area contributed by atoms with Gasteiger partial charge in [-0.25, -0.2) is 0 Å². The van der Waals surface area contributed by atoms with Gasteiger partial charge in [-0.2, -0.15) is 0 Å². The maximum Gasteiger partial charge on any atom is 0.307 e. The van der Waals surface area contributed by atoms with Gasteiger partial charge in [0.2, 0.25) is 0 Å². The summed E-state index contributed by atoms with van der Waals surface area (Å²) in [5.41, 5.74) is 2.73. The second-order valence-electron chi connectivity index (χ2n) is 7.30. The largest absolute Gasteiger partial charge is 0.490 e. The van der Waals surface area contributed by atoms with Crippen molar-refractivity contribution in [1.82, 2.24) is 4.57 Å². The number of rotatable bonds is 5. The number of carbonyl (C=O) groups is 2. The van der Waals surface area contributed by atoms with Gasteiger partial charge in [0.25, 0.3) is 5.91 Å². The molecule has 6 nitrogen and oxygen atoms in total. The lowest BCUT2D eigenvalue weighted by molar-refractivity contribution is -0.136. The van der Waals surface area contributed by atoms with Crippen molar-refractivity contribution in [3.8, 4) is 5.75 Å². The Labute approximate surface area is 168 Å². The molecule has 2 aromatic carbocycles. The van der Waals surface area contributed by atoms with Gasteiger partial charge in [0.1, 0.15) is 11.9 Å². The zero-order chi connectivity index (χ0) is 20.4. The number of nitrogens with zero attached hydrogens (tertiary/aromatic N) is 1. The highest BCUT2D eigenvalue weighted by Gasteiger charge is 2.18. The second kappa shape index (κ2) is 8.09. The van der Waals surface area contributed by atoms with Crippen LogP contribution in [0, 0.1) is 6.92 Å². The fourth-order valence-electron chi connectivity index (χ4n) is 3.80. The number of carboxylic acid groups (broad SMARTS) is 1. The van der Waals surface area contributed by atoms with Crippen molar-refractivity contribution in [2.45, 2.75) is 32.3 Å². The quantitative estimate of drug-likeness (QED) is 0.713. The Morgan fingerprint density at radius 3 is 2.55 bits per heavy atom. The number of carboxylic acids is 1. The topological polar surface area (TPSA) is 77.8 Å². The number of aliphatic carboxylic acids is 1. The molecule has 3 aromatic rings. The Bertz CT molecular complexity index is 1050. The fraction of sp³-hybridized carbons (Fsp3) is 0.304. The maximum atomic E-state index is 13.2. The average Bonchev–Trinajstić information content (AvgIpc) is 3.05. The fourth-order valence-corrected chi connectivity index (χ4v) is 3.80. The molecule has 1 aliphatic rings. The zero-order valence-electron chi connectivity index (χ0n) is 16.3. The van der Waals surface area contributed by atoms with Crippen LogP contribution in [-0.4, -0.2) is 40.9 Å². The first-order valence-electron chi connectivity index (χ1n) is 9.74. The van der Waals surface area contributed by atoms with Gasteiger partial charge in [-0.1, -0.05) is 12.1 Å². The van der Waals surface area contributed by atoms with Gasteiger partial charge in [-0.05, 0) is 48.9 Å². The SMILES string of the molecule is Cc1cc2c(CC(=O)O)cccc2n1C(=O)c1ccc(OC2CCOCC2)cc1. The monoisotopic (exact) mass is 393 g/mol. The highest BCUT2D eigenvalue weighted by atomic mass is 16.5. The first-order chi connectivity index (χ1) is 14.0. The lowest BCUT2D eigenvalue weighted by Gasteiger charge is -2.23. The second-order valence-corrected chi connectivity index (χ2v) is 7.30. The Kier molecular flexibility index (Phi) is 5.36. The van der Waals surface area contributed by atoms with Crippen LogP contribution in [0.4, 0.5) is 0 Å². The van der Waals surface area contributed by atoms with Crippen LogP contribution >= 0.6 is 0 Å². The number of hydrogen-bond donors (Lipinski definition) is 1. The predicted molar refractivity (Wildman–Crippen MR) is 109 cm³/mol. The number of carbonyl (C=O) groups excluding carboxylic acids is 1. The molecule has 0 saturated carbocycles. The Morgan fingerprint density at radius 2 is 1.86 bits per heavy atom. The summed E-state index contributed by atoms with van der Waals surface area (Å²) in [5, 5.41) is 9.93. The number of ether oxygens (including phenoxy) is 2. The molecule has 0 unspecified atom stereocenters. The molecule has 6 heteroatoms. The van der Waals surface area contributed by atoms with Gasteiger partial charge < -0.3 is 14.6 Å². The van der Waals surface area contributed by atoms with Crippen molar-refractivity contribution in [1.29, 1.82) is 0 Å². The molecule has 0 atom stereocenters. The van der Waals surface area contributed by atoms with E-state index in [1.165, 1.54) is 0 Å². The number of aryl methyl sites for hydroxylation is 1. The van der Waals surface area contributed by atoms with Gasteiger partial charge in [-0.3, -0.25) is 14.2 Å². The molecule has 0 bridgehead atoms. The molecule has 1 saturated heterocycles. The lowest BCUT2D eigenvalue weighted by Crippen LogP contribution is -2.25. The van der Waals surface area contributed by atoms with E-state index in [0.717, 1.165) is 29.7 Å². The molecule has 1 aromatic heterocycles. The minimum Gasteiger partial charge on any atom is -0.490 e. The van der Waals surface area contributed by atoms with Crippen molar-refractivity contribution in [2.75, 3.05) is 13.2 Å². The van der Waals surface area contributed by atoms with E-state index < -0.39 is 5.97 Å². The summed E-state index contributed by atoms with van der Waals surface area (Å²) in [6.07, 6.45) is 1.81. The van der Waals surface area contributed by atoms with Crippen LogP contribution in [-0.2, 0) is 16.0 Å². The minimum atomic E-state index is -0.894. The Hall–Kier alpha value is -3.12. The van der Waals surface area contributed by atoms with Crippen molar-refractivity contribution >= 4 is 22.8 Å².